The summed E-state index contributed by atoms with van der Waals surface area (Å²) in [5.41, 5.74) is -0.941. The van der Waals surface area contributed by atoms with Crippen LogP contribution in [0.25, 0.3) is 0 Å². The Hall–Kier alpha value is -1.65. The Morgan fingerprint density at radius 2 is 1.87 bits per heavy atom. The van der Waals surface area contributed by atoms with Gasteiger partial charge in [-0.05, 0) is 13.3 Å². The molecule has 0 aliphatic carbocycles. The van der Waals surface area contributed by atoms with E-state index in [9.17, 15) is 14.4 Å². The predicted octanol–water partition coefficient (Wildman–Crippen LogP) is 0.555. The second kappa shape index (κ2) is 3.84. The maximum Gasteiger partial charge on any atom is 0.305 e. The number of nitrogens with zero attached hydrogens (tertiary/aromatic N) is 1. The number of carbonyl (C=O) groups excluding carboxylic acids is 2. The topological polar surface area (TPSA) is 74.7 Å². The van der Waals surface area contributed by atoms with Crippen LogP contribution >= 0.6 is 0 Å². The average Bonchev–Trinajstić information content (AvgIpc) is 2.45. The van der Waals surface area contributed by atoms with E-state index < -0.39 is 23.3 Å². The minimum atomic E-state index is -1.02. The first-order valence-electron chi connectivity index (χ1n) is 4.69. The molecule has 1 N–H and O–H groups in total. The van der Waals surface area contributed by atoms with Crippen LogP contribution in [0.1, 0.15) is 26.7 Å². The summed E-state index contributed by atoms with van der Waals surface area (Å²) in [6.07, 6.45) is 2.51. The lowest BCUT2D eigenvalue weighted by atomic mass is 9.92. The van der Waals surface area contributed by atoms with E-state index in [0.29, 0.717) is 6.42 Å². The number of carboxylic acids is 1. The summed E-state index contributed by atoms with van der Waals surface area (Å²) >= 11 is 0. The minimum Gasteiger partial charge on any atom is -0.481 e. The summed E-state index contributed by atoms with van der Waals surface area (Å²) in [5, 5.41) is 8.74. The number of hydrogen-bond acceptors (Lipinski definition) is 3. The van der Waals surface area contributed by atoms with Gasteiger partial charge in [-0.1, -0.05) is 6.92 Å². The van der Waals surface area contributed by atoms with Crippen LogP contribution < -0.4 is 0 Å². The van der Waals surface area contributed by atoms with Gasteiger partial charge in [0.05, 0.1) is 12.0 Å². The van der Waals surface area contributed by atoms with Gasteiger partial charge in [-0.25, -0.2) is 0 Å². The van der Waals surface area contributed by atoms with Gasteiger partial charge in [-0.15, -0.1) is 0 Å². The molecule has 5 nitrogen and oxygen atoms in total. The molecule has 0 fully saturated rings. The fraction of sp³-hybridized carbons (Fsp3) is 0.500. The highest BCUT2D eigenvalue weighted by atomic mass is 16.4. The molecule has 15 heavy (non-hydrogen) atoms. The van der Waals surface area contributed by atoms with Gasteiger partial charge in [0.1, 0.15) is 0 Å². The van der Waals surface area contributed by atoms with Crippen molar-refractivity contribution < 1.29 is 19.5 Å². The molecule has 1 aliphatic heterocycles. The molecule has 0 aromatic carbocycles. The molecule has 0 bridgehead atoms. The van der Waals surface area contributed by atoms with E-state index in [1.165, 1.54) is 0 Å². The van der Waals surface area contributed by atoms with Gasteiger partial charge in [0, 0.05) is 12.2 Å². The van der Waals surface area contributed by atoms with Crippen LogP contribution in [0.5, 0.6) is 0 Å². The van der Waals surface area contributed by atoms with Crippen LogP contribution in [0.4, 0.5) is 0 Å². The third kappa shape index (κ3) is 2.06. The normalized spacial score (nSPS) is 19.5. The maximum absolute atomic E-state index is 11.4. The average molecular weight is 211 g/mol. The number of hydrogen-bond donors (Lipinski definition) is 1. The second-order valence-corrected chi connectivity index (χ2v) is 3.77. The quantitative estimate of drug-likeness (QED) is 0.689. The zero-order valence-corrected chi connectivity index (χ0v) is 8.69. The van der Waals surface area contributed by atoms with Crippen molar-refractivity contribution in [2.24, 2.45) is 0 Å². The molecule has 82 valence electrons. The number of carbonyl (C=O) groups is 3. The Labute approximate surface area is 87.4 Å². The number of carboxylic acid groups (broad SMARTS) is 1. The largest absolute Gasteiger partial charge is 0.481 e. The molecule has 2 amide bonds. The van der Waals surface area contributed by atoms with Crippen molar-refractivity contribution in [2.45, 2.75) is 32.2 Å². The van der Waals surface area contributed by atoms with Gasteiger partial charge >= 0.3 is 5.97 Å². The molecule has 1 atom stereocenters. The molecular formula is C10H13NO4. The third-order valence-corrected chi connectivity index (χ3v) is 2.64. The maximum atomic E-state index is 11.4. The molecule has 5 heteroatoms. The molecule has 0 aromatic heterocycles. The Morgan fingerprint density at radius 1 is 1.40 bits per heavy atom. The van der Waals surface area contributed by atoms with Crippen molar-refractivity contribution in [2.75, 3.05) is 0 Å². The van der Waals surface area contributed by atoms with Crippen molar-refractivity contribution in [1.82, 2.24) is 4.90 Å². The smallest absolute Gasteiger partial charge is 0.305 e. The number of amides is 2. The Kier molecular flexibility index (Phi) is 2.93. The predicted molar refractivity (Wildman–Crippen MR) is 51.9 cm³/mol. The van der Waals surface area contributed by atoms with Crippen LogP contribution in [0, 0.1) is 0 Å². The summed E-state index contributed by atoms with van der Waals surface area (Å²) in [4.78, 5) is 34.5. The van der Waals surface area contributed by atoms with Crippen LogP contribution in [-0.4, -0.2) is 33.3 Å². The van der Waals surface area contributed by atoms with Crippen molar-refractivity contribution in [3.8, 4) is 0 Å². The first-order chi connectivity index (χ1) is 6.90. The van der Waals surface area contributed by atoms with Gasteiger partial charge in [0.25, 0.3) is 11.8 Å². The second-order valence-electron chi connectivity index (χ2n) is 3.77. The SMILES string of the molecule is CCC(C)(CC(=O)O)N1C(=O)C=CC1=O. The number of imide groups is 1. The van der Waals surface area contributed by atoms with Gasteiger partial charge in [-0.3, -0.25) is 19.3 Å². The molecule has 0 radical (unpaired) electrons. The molecule has 0 spiro atoms. The number of aliphatic carboxylic acids is 1. The van der Waals surface area contributed by atoms with E-state index in [2.05, 4.69) is 0 Å². The molecule has 0 aromatic rings. The lowest BCUT2D eigenvalue weighted by molar-refractivity contribution is -0.148. The highest BCUT2D eigenvalue weighted by Gasteiger charge is 2.40. The highest BCUT2D eigenvalue weighted by molar-refractivity contribution is 6.13. The summed E-state index contributed by atoms with van der Waals surface area (Å²) < 4.78 is 0. The van der Waals surface area contributed by atoms with Crippen LogP contribution in [0.15, 0.2) is 12.2 Å². The minimum absolute atomic E-state index is 0.233. The molecule has 1 aliphatic rings. The lowest BCUT2D eigenvalue weighted by Crippen LogP contribution is -2.50. The van der Waals surface area contributed by atoms with E-state index in [1.54, 1.807) is 13.8 Å². The van der Waals surface area contributed by atoms with Gasteiger partial charge in [0.15, 0.2) is 0 Å². The zero-order valence-electron chi connectivity index (χ0n) is 8.69. The Balaban J connectivity index is 2.96. The molecule has 1 rings (SSSR count). The van der Waals surface area contributed by atoms with Crippen LogP contribution in [0.2, 0.25) is 0 Å². The summed E-state index contributed by atoms with van der Waals surface area (Å²) in [6.45, 7) is 3.35. The fourth-order valence-corrected chi connectivity index (χ4v) is 1.62. The van der Waals surface area contributed by atoms with Gasteiger partial charge < -0.3 is 5.11 Å². The Bertz CT molecular complexity index is 329. The Morgan fingerprint density at radius 3 is 2.20 bits per heavy atom. The van der Waals surface area contributed by atoms with E-state index in [1.807, 2.05) is 0 Å². The standard InChI is InChI=1S/C10H13NO4/c1-3-10(2,6-9(14)15)11-7(12)4-5-8(11)13/h4-5H,3,6H2,1-2H3,(H,14,15). The van der Waals surface area contributed by atoms with E-state index in [4.69, 9.17) is 5.11 Å². The van der Waals surface area contributed by atoms with Gasteiger partial charge in [0.2, 0.25) is 0 Å². The van der Waals surface area contributed by atoms with Crippen molar-refractivity contribution in [3.63, 3.8) is 0 Å². The van der Waals surface area contributed by atoms with Crippen LogP contribution in [-0.2, 0) is 14.4 Å². The number of rotatable bonds is 4. The zero-order chi connectivity index (χ0) is 11.6. The molecule has 0 saturated heterocycles. The summed E-state index contributed by atoms with van der Waals surface area (Å²) in [6, 6.07) is 0. The van der Waals surface area contributed by atoms with Gasteiger partial charge in [-0.2, -0.15) is 0 Å². The lowest BCUT2D eigenvalue weighted by Gasteiger charge is -2.35. The first-order valence-corrected chi connectivity index (χ1v) is 4.69. The molecular weight excluding hydrogens is 198 g/mol. The van der Waals surface area contributed by atoms with Crippen molar-refractivity contribution >= 4 is 17.8 Å². The monoisotopic (exact) mass is 211 g/mol. The first kappa shape index (κ1) is 11.4. The van der Waals surface area contributed by atoms with Crippen molar-refractivity contribution in [1.29, 1.82) is 0 Å². The molecule has 0 saturated carbocycles. The highest BCUT2D eigenvalue weighted by Crippen LogP contribution is 2.26. The van der Waals surface area contributed by atoms with Crippen LogP contribution in [0.3, 0.4) is 0 Å². The molecule has 1 unspecified atom stereocenters. The van der Waals surface area contributed by atoms with E-state index in [0.717, 1.165) is 17.1 Å². The molecule has 1 heterocycles. The van der Waals surface area contributed by atoms with Crippen molar-refractivity contribution in [3.05, 3.63) is 12.2 Å². The van der Waals surface area contributed by atoms with E-state index in [-0.39, 0.29) is 6.42 Å². The van der Waals surface area contributed by atoms with E-state index >= 15 is 0 Å². The third-order valence-electron chi connectivity index (χ3n) is 2.64. The summed E-state index contributed by atoms with van der Waals surface area (Å²) in [7, 11) is 0. The summed E-state index contributed by atoms with van der Waals surface area (Å²) in [5.74, 6) is -1.90. The fourth-order valence-electron chi connectivity index (χ4n) is 1.62.